The molecule has 3 aliphatic heterocycles. The van der Waals surface area contributed by atoms with Gasteiger partial charge in [0.1, 0.15) is 17.7 Å². The number of rotatable bonds is 3. The number of hydrogen-bond acceptors (Lipinski definition) is 4. The average Bonchev–Trinajstić information content (AvgIpc) is 2.87. The zero-order valence-corrected chi connectivity index (χ0v) is 14.9. The Balaban J connectivity index is 1.40. The summed E-state index contributed by atoms with van der Waals surface area (Å²) in [5, 5.41) is 0. The highest BCUT2D eigenvalue weighted by Crippen LogP contribution is 2.38. The monoisotopic (exact) mass is 351 g/mol. The van der Waals surface area contributed by atoms with Crippen LogP contribution in [0.2, 0.25) is 0 Å². The van der Waals surface area contributed by atoms with E-state index in [0.717, 1.165) is 37.6 Å². The molecule has 138 valence electrons. The number of hydrogen-bond donors (Lipinski definition) is 1. The van der Waals surface area contributed by atoms with Gasteiger partial charge in [0.2, 0.25) is 0 Å². The molecule has 1 aromatic carbocycles. The van der Waals surface area contributed by atoms with Crippen LogP contribution >= 0.6 is 0 Å². The third-order valence-corrected chi connectivity index (χ3v) is 6.15. The molecule has 6 heteroatoms. The van der Waals surface area contributed by atoms with E-state index in [1.807, 2.05) is 0 Å². The molecule has 4 nitrogen and oxygen atoms in total. The Morgan fingerprint density at radius 1 is 1.20 bits per heavy atom. The maximum Gasteiger partial charge on any atom is 0.129 e. The largest absolute Gasteiger partial charge is 0.370 e. The lowest BCUT2D eigenvalue weighted by Crippen LogP contribution is -2.58. The van der Waals surface area contributed by atoms with Crippen LogP contribution < -0.4 is 5.73 Å². The molecule has 0 aromatic heterocycles. The number of benzene rings is 1. The Morgan fingerprint density at radius 2 is 2.00 bits per heavy atom. The molecule has 1 aromatic rings. The Hall–Kier alpha value is -1.08. The maximum absolute atomic E-state index is 14.0. The highest BCUT2D eigenvalue weighted by Gasteiger charge is 2.48. The van der Waals surface area contributed by atoms with Crippen LogP contribution in [0.4, 0.5) is 8.78 Å². The number of fused-ring (bicyclic) bond motifs is 1. The molecule has 0 bridgehead atoms. The van der Waals surface area contributed by atoms with Gasteiger partial charge in [-0.3, -0.25) is 9.80 Å². The van der Waals surface area contributed by atoms with Crippen LogP contribution in [-0.2, 0) is 4.74 Å². The molecule has 0 aliphatic carbocycles. The van der Waals surface area contributed by atoms with Crippen LogP contribution in [0.1, 0.15) is 31.9 Å². The quantitative estimate of drug-likeness (QED) is 0.906. The number of nitrogens with zero attached hydrogens (tertiary/aromatic N) is 2. The van der Waals surface area contributed by atoms with Gasteiger partial charge in [-0.15, -0.1) is 0 Å². The van der Waals surface area contributed by atoms with E-state index in [1.54, 1.807) is 0 Å². The summed E-state index contributed by atoms with van der Waals surface area (Å²) in [5.41, 5.74) is 6.53. The van der Waals surface area contributed by atoms with E-state index in [2.05, 4.69) is 23.6 Å². The first-order chi connectivity index (χ1) is 11.9. The molecule has 3 saturated heterocycles. The lowest BCUT2D eigenvalue weighted by atomic mass is 9.90. The third-order valence-electron chi connectivity index (χ3n) is 6.15. The van der Waals surface area contributed by atoms with Gasteiger partial charge in [0.15, 0.2) is 0 Å². The highest BCUT2D eigenvalue weighted by molar-refractivity contribution is 5.23. The van der Waals surface area contributed by atoms with E-state index in [1.165, 1.54) is 12.6 Å². The van der Waals surface area contributed by atoms with Crippen LogP contribution in [0.25, 0.3) is 0 Å². The minimum Gasteiger partial charge on any atom is -0.370 e. The topological polar surface area (TPSA) is 41.7 Å². The van der Waals surface area contributed by atoms with Gasteiger partial charge in [0.25, 0.3) is 0 Å². The first kappa shape index (κ1) is 17.3. The lowest BCUT2D eigenvalue weighted by molar-refractivity contribution is -0.0476. The van der Waals surface area contributed by atoms with Gasteiger partial charge in [-0.2, -0.15) is 0 Å². The van der Waals surface area contributed by atoms with Crippen molar-refractivity contribution in [3.05, 3.63) is 35.4 Å². The second-order valence-electron chi connectivity index (χ2n) is 8.05. The van der Waals surface area contributed by atoms with Crippen LogP contribution in [0.5, 0.6) is 0 Å². The summed E-state index contributed by atoms with van der Waals surface area (Å²) in [6, 6.07) is 4.65. The van der Waals surface area contributed by atoms with Gasteiger partial charge in [0, 0.05) is 55.3 Å². The molecule has 0 amide bonds. The number of halogens is 2. The van der Waals surface area contributed by atoms with Crippen LogP contribution in [-0.4, -0.2) is 60.2 Å². The Bertz CT molecular complexity index is 641. The van der Waals surface area contributed by atoms with Crippen molar-refractivity contribution in [1.82, 2.24) is 9.80 Å². The molecule has 0 saturated carbocycles. The van der Waals surface area contributed by atoms with Crippen molar-refractivity contribution in [3.8, 4) is 0 Å². The fourth-order valence-corrected chi connectivity index (χ4v) is 4.75. The normalized spacial score (nSPS) is 36.5. The van der Waals surface area contributed by atoms with Crippen LogP contribution in [0, 0.1) is 17.6 Å². The summed E-state index contributed by atoms with van der Waals surface area (Å²) in [5.74, 6) is -0.164. The molecule has 3 heterocycles. The summed E-state index contributed by atoms with van der Waals surface area (Å²) in [6.45, 7) is 8.34. The molecule has 25 heavy (non-hydrogen) atoms. The summed E-state index contributed by atoms with van der Waals surface area (Å²) in [6.07, 6.45) is 0.181. The van der Waals surface area contributed by atoms with E-state index < -0.39 is 17.7 Å². The number of likely N-dealkylation sites (tertiary alicyclic amines) is 2. The molecule has 2 N–H and O–H groups in total. The first-order valence-corrected chi connectivity index (χ1v) is 9.26. The fraction of sp³-hybridized carbons (Fsp3) is 0.684. The predicted octanol–water partition coefficient (Wildman–Crippen LogP) is 2.15. The smallest absolute Gasteiger partial charge is 0.129 e. The Morgan fingerprint density at radius 3 is 2.72 bits per heavy atom. The number of ether oxygens (including phenoxy) is 1. The summed E-state index contributed by atoms with van der Waals surface area (Å²) < 4.78 is 33.4. The number of nitrogens with two attached hydrogens (primary N) is 1. The van der Waals surface area contributed by atoms with Gasteiger partial charge < -0.3 is 10.5 Å². The van der Waals surface area contributed by atoms with Crippen LogP contribution in [0.3, 0.4) is 0 Å². The highest BCUT2D eigenvalue weighted by atomic mass is 19.1. The van der Waals surface area contributed by atoms with E-state index in [4.69, 9.17) is 10.5 Å². The van der Waals surface area contributed by atoms with E-state index in [-0.39, 0.29) is 17.6 Å². The average molecular weight is 351 g/mol. The Kier molecular flexibility index (Phi) is 4.56. The van der Waals surface area contributed by atoms with Crippen molar-refractivity contribution in [3.63, 3.8) is 0 Å². The third kappa shape index (κ3) is 3.10. The Labute approximate surface area is 147 Å². The van der Waals surface area contributed by atoms with Gasteiger partial charge in [-0.25, -0.2) is 8.78 Å². The lowest BCUT2D eigenvalue weighted by Gasteiger charge is -2.46. The van der Waals surface area contributed by atoms with E-state index >= 15 is 0 Å². The first-order valence-electron chi connectivity index (χ1n) is 9.26. The van der Waals surface area contributed by atoms with Crippen molar-refractivity contribution in [1.29, 1.82) is 0 Å². The molecule has 0 spiro atoms. The van der Waals surface area contributed by atoms with Gasteiger partial charge in [-0.1, -0.05) is 0 Å². The van der Waals surface area contributed by atoms with Gasteiger partial charge >= 0.3 is 0 Å². The second-order valence-corrected chi connectivity index (χ2v) is 8.05. The zero-order valence-electron chi connectivity index (χ0n) is 14.9. The zero-order chi connectivity index (χ0) is 17.7. The van der Waals surface area contributed by atoms with Crippen molar-refractivity contribution in [2.24, 2.45) is 11.7 Å². The van der Waals surface area contributed by atoms with Crippen LogP contribution in [0.15, 0.2) is 18.2 Å². The van der Waals surface area contributed by atoms with Gasteiger partial charge in [0.05, 0.1) is 6.61 Å². The molecule has 0 radical (unpaired) electrons. The molecule has 5 atom stereocenters. The SMILES string of the molecule is CC(C)N1CC2CN([C@H]3CO[C@H](c4cc(F)ccc4F)[C@@H](N)C3)CC21. The minimum atomic E-state index is -0.571. The molecule has 2 unspecified atom stereocenters. The summed E-state index contributed by atoms with van der Waals surface area (Å²) >= 11 is 0. The minimum absolute atomic E-state index is 0.235. The van der Waals surface area contributed by atoms with Crippen molar-refractivity contribution in [2.75, 3.05) is 26.2 Å². The second kappa shape index (κ2) is 6.58. The summed E-state index contributed by atoms with van der Waals surface area (Å²) in [7, 11) is 0. The molecule has 3 aliphatic rings. The fourth-order valence-electron chi connectivity index (χ4n) is 4.75. The van der Waals surface area contributed by atoms with E-state index in [0.29, 0.717) is 18.7 Å². The molecular formula is C19H27F2N3O. The van der Waals surface area contributed by atoms with Crippen molar-refractivity contribution < 1.29 is 13.5 Å². The molecular weight excluding hydrogens is 324 g/mol. The summed E-state index contributed by atoms with van der Waals surface area (Å²) in [4.78, 5) is 5.04. The van der Waals surface area contributed by atoms with Crippen molar-refractivity contribution >= 4 is 0 Å². The predicted molar refractivity (Wildman–Crippen MR) is 92.1 cm³/mol. The van der Waals surface area contributed by atoms with Crippen molar-refractivity contribution in [2.45, 2.75) is 50.5 Å². The maximum atomic E-state index is 14.0. The van der Waals surface area contributed by atoms with Gasteiger partial charge in [-0.05, 0) is 38.5 Å². The standard InChI is InChI=1S/C19H27F2N3O/c1-11(2)24-8-12-7-23(9-18(12)24)14-6-17(22)19(25-10-14)15-5-13(20)3-4-16(15)21/h3-5,11-12,14,17-19H,6-10,22H2,1-2H3/t12?,14-,17+,18?,19-/m1/s1. The van der Waals surface area contributed by atoms with E-state index in [9.17, 15) is 8.78 Å². The molecule has 4 rings (SSSR count). The molecule has 3 fully saturated rings.